The van der Waals surface area contributed by atoms with Crippen molar-refractivity contribution in [3.8, 4) is 17.6 Å². The van der Waals surface area contributed by atoms with E-state index in [2.05, 4.69) is 14.7 Å². The second-order valence-electron chi connectivity index (χ2n) is 7.77. The van der Waals surface area contributed by atoms with Crippen molar-refractivity contribution < 1.29 is 27.5 Å². The Balaban J connectivity index is 1.79. The predicted octanol–water partition coefficient (Wildman–Crippen LogP) is 3.80. The largest absolute Gasteiger partial charge is 0.493 e. The molecule has 0 aliphatic rings. The third kappa shape index (κ3) is 6.12. The second kappa shape index (κ2) is 11.1. The summed E-state index contributed by atoms with van der Waals surface area (Å²) in [5, 5.41) is 10.7. The van der Waals surface area contributed by atoms with Crippen molar-refractivity contribution in [3.05, 3.63) is 64.7 Å². The van der Waals surface area contributed by atoms with E-state index in [9.17, 15) is 23.3 Å². The summed E-state index contributed by atoms with van der Waals surface area (Å²) in [6, 6.07) is 13.3. The highest BCUT2D eigenvalue weighted by Gasteiger charge is 2.25. The smallest absolute Gasteiger partial charge is 0.343 e. The summed E-state index contributed by atoms with van der Waals surface area (Å²) in [6.45, 7) is 4.85. The summed E-state index contributed by atoms with van der Waals surface area (Å²) < 4.78 is 38.9. The van der Waals surface area contributed by atoms with E-state index in [1.54, 1.807) is 30.3 Å². The molecule has 0 atom stereocenters. The average Bonchev–Trinajstić information content (AvgIpc) is 3.32. The molecule has 0 unspecified atom stereocenters. The van der Waals surface area contributed by atoms with Crippen LogP contribution in [-0.4, -0.2) is 42.0 Å². The molecule has 36 heavy (non-hydrogen) atoms. The van der Waals surface area contributed by atoms with Crippen LogP contribution in [0, 0.1) is 18.3 Å². The van der Waals surface area contributed by atoms with E-state index in [0.29, 0.717) is 22.7 Å². The molecule has 10 nitrogen and oxygen atoms in total. The summed E-state index contributed by atoms with van der Waals surface area (Å²) in [5.74, 6) is -0.976. The van der Waals surface area contributed by atoms with E-state index in [1.807, 2.05) is 13.0 Å². The van der Waals surface area contributed by atoms with Crippen molar-refractivity contribution in [3.63, 3.8) is 0 Å². The molecule has 1 amide bonds. The molecule has 0 bridgehead atoms. The maximum atomic E-state index is 12.6. The Morgan fingerprint density at radius 3 is 2.56 bits per heavy atom. The molecular formula is C24H22N4O6S2. The topological polar surface area (TPSA) is 148 Å². The fourth-order valence-corrected chi connectivity index (χ4v) is 4.55. The number of sulfone groups is 1. The van der Waals surface area contributed by atoms with Gasteiger partial charge in [-0.15, -0.1) is 0 Å². The zero-order valence-corrected chi connectivity index (χ0v) is 21.4. The van der Waals surface area contributed by atoms with Crippen LogP contribution in [-0.2, 0) is 14.6 Å². The highest BCUT2D eigenvalue weighted by Crippen LogP contribution is 2.30. The van der Waals surface area contributed by atoms with Gasteiger partial charge in [-0.05, 0) is 56.7 Å². The molecule has 3 aromatic rings. The van der Waals surface area contributed by atoms with Gasteiger partial charge in [0.15, 0.2) is 11.5 Å². The van der Waals surface area contributed by atoms with Gasteiger partial charge in [0.25, 0.3) is 11.1 Å². The number of anilines is 1. The van der Waals surface area contributed by atoms with Gasteiger partial charge in [0, 0.05) is 11.5 Å². The van der Waals surface area contributed by atoms with Gasteiger partial charge >= 0.3 is 5.97 Å². The summed E-state index contributed by atoms with van der Waals surface area (Å²) in [5.41, 5.74) is 1.44. The van der Waals surface area contributed by atoms with Crippen molar-refractivity contribution in [2.75, 3.05) is 12.4 Å². The van der Waals surface area contributed by atoms with E-state index >= 15 is 0 Å². The maximum Gasteiger partial charge on any atom is 0.343 e. The second-order valence-corrected chi connectivity index (χ2v) is 10.9. The van der Waals surface area contributed by atoms with Crippen LogP contribution in [0.4, 0.5) is 5.13 Å². The molecule has 186 valence electrons. The minimum absolute atomic E-state index is 0.0589. The summed E-state index contributed by atoms with van der Waals surface area (Å²) in [6.07, 6.45) is 1.30. The van der Waals surface area contributed by atoms with Crippen molar-refractivity contribution in [1.82, 2.24) is 9.36 Å². The van der Waals surface area contributed by atoms with E-state index < -0.39 is 27.0 Å². The number of nitrogens with zero attached hydrogens (tertiary/aromatic N) is 3. The number of rotatable bonds is 8. The monoisotopic (exact) mass is 526 g/mol. The van der Waals surface area contributed by atoms with Gasteiger partial charge in [0.05, 0.1) is 17.9 Å². The van der Waals surface area contributed by atoms with Crippen LogP contribution < -0.4 is 14.8 Å². The number of hydrogen-bond donors (Lipinski definition) is 1. The molecule has 0 saturated carbocycles. The molecule has 1 N–H and O–H groups in total. The van der Waals surface area contributed by atoms with Crippen molar-refractivity contribution in [1.29, 1.82) is 5.26 Å². The fourth-order valence-electron chi connectivity index (χ4n) is 2.86. The summed E-state index contributed by atoms with van der Waals surface area (Å²) >= 11 is 0.692. The standard InChI is InChI=1S/C24H22N4O6S2/c1-14(2)36(31,32)24-27-23(35-28-24)26-21(29)18(13-25)11-16-8-9-19(20(12-16)33-4)34-22(30)17-7-5-6-15(3)10-17/h5-12,14H,1-4H3,(H,26,27,28,29)/b18-11-. The van der Waals surface area contributed by atoms with E-state index in [-0.39, 0.29) is 27.4 Å². The highest BCUT2D eigenvalue weighted by molar-refractivity contribution is 7.91. The van der Waals surface area contributed by atoms with Crippen LogP contribution >= 0.6 is 11.5 Å². The summed E-state index contributed by atoms with van der Waals surface area (Å²) in [7, 11) is -2.31. The van der Waals surface area contributed by atoms with Gasteiger partial charge in [-0.2, -0.15) is 14.6 Å². The quantitative estimate of drug-likeness (QED) is 0.200. The van der Waals surface area contributed by atoms with Crippen LogP contribution in [0.2, 0.25) is 0 Å². The van der Waals surface area contributed by atoms with Crippen molar-refractivity contribution in [2.45, 2.75) is 31.2 Å². The first kappa shape index (κ1) is 26.5. The first-order valence-electron chi connectivity index (χ1n) is 10.5. The van der Waals surface area contributed by atoms with Crippen LogP contribution in [0.5, 0.6) is 11.5 Å². The molecule has 12 heteroatoms. The van der Waals surface area contributed by atoms with E-state index in [0.717, 1.165) is 5.56 Å². The lowest BCUT2D eigenvalue weighted by atomic mass is 10.1. The molecule has 0 aliphatic carbocycles. The third-order valence-electron chi connectivity index (χ3n) is 4.82. The Morgan fingerprint density at radius 2 is 1.92 bits per heavy atom. The molecule has 0 fully saturated rings. The number of nitriles is 1. The SMILES string of the molecule is COc1cc(/C=C(/C#N)C(=O)Nc2nc(S(=O)(=O)C(C)C)ns2)ccc1OC(=O)c1cccc(C)c1. The number of methoxy groups -OCH3 is 1. The van der Waals surface area contributed by atoms with Gasteiger partial charge in [-0.25, -0.2) is 13.2 Å². The number of benzene rings is 2. The Morgan fingerprint density at radius 1 is 1.17 bits per heavy atom. The lowest BCUT2D eigenvalue weighted by Gasteiger charge is -2.10. The number of carbonyl (C=O) groups is 2. The lowest BCUT2D eigenvalue weighted by molar-refractivity contribution is -0.112. The zero-order valence-electron chi connectivity index (χ0n) is 19.8. The summed E-state index contributed by atoms with van der Waals surface area (Å²) in [4.78, 5) is 28.9. The minimum atomic E-state index is -3.70. The lowest BCUT2D eigenvalue weighted by Crippen LogP contribution is -2.16. The Kier molecular flexibility index (Phi) is 8.18. The van der Waals surface area contributed by atoms with Crippen LogP contribution in [0.15, 0.2) is 53.2 Å². The zero-order chi connectivity index (χ0) is 26.5. The van der Waals surface area contributed by atoms with E-state index in [4.69, 9.17) is 9.47 Å². The molecule has 2 aromatic carbocycles. The number of aromatic nitrogens is 2. The molecule has 1 heterocycles. The van der Waals surface area contributed by atoms with Crippen molar-refractivity contribution in [2.24, 2.45) is 0 Å². The Hall–Kier alpha value is -4.08. The van der Waals surface area contributed by atoms with Crippen LogP contribution in [0.25, 0.3) is 6.08 Å². The maximum absolute atomic E-state index is 12.6. The number of hydrogen-bond acceptors (Lipinski definition) is 10. The number of carbonyl (C=O) groups excluding carboxylic acids is 2. The number of amides is 1. The first-order chi connectivity index (χ1) is 17.0. The Bertz CT molecular complexity index is 1490. The van der Waals surface area contributed by atoms with Gasteiger partial charge in [-0.3, -0.25) is 10.1 Å². The van der Waals surface area contributed by atoms with Gasteiger partial charge in [-0.1, -0.05) is 23.8 Å². The predicted molar refractivity (Wildman–Crippen MR) is 134 cm³/mol. The molecule has 0 spiro atoms. The molecular weight excluding hydrogens is 504 g/mol. The minimum Gasteiger partial charge on any atom is -0.493 e. The Labute approximate surface area is 212 Å². The molecule has 0 saturated heterocycles. The van der Waals surface area contributed by atoms with Gasteiger partial charge < -0.3 is 9.47 Å². The average molecular weight is 527 g/mol. The van der Waals surface area contributed by atoms with Crippen LogP contribution in [0.1, 0.15) is 35.3 Å². The molecule has 0 radical (unpaired) electrons. The number of nitrogens with one attached hydrogen (secondary N) is 1. The number of esters is 1. The molecule has 3 rings (SSSR count). The van der Waals surface area contributed by atoms with Crippen molar-refractivity contribution >= 4 is 44.5 Å². The molecule has 0 aliphatic heterocycles. The first-order valence-corrected chi connectivity index (χ1v) is 12.8. The number of ether oxygens (including phenoxy) is 2. The third-order valence-corrected chi connectivity index (χ3v) is 7.50. The van der Waals surface area contributed by atoms with E-state index in [1.165, 1.54) is 39.2 Å². The fraction of sp³-hybridized carbons (Fsp3) is 0.208. The normalized spacial score (nSPS) is 11.6. The molecule has 1 aromatic heterocycles. The van der Waals surface area contributed by atoms with Crippen LogP contribution in [0.3, 0.4) is 0 Å². The van der Waals surface area contributed by atoms with Gasteiger partial charge in [0.1, 0.15) is 11.6 Å². The number of aryl methyl sites for hydroxylation is 1. The highest BCUT2D eigenvalue weighted by atomic mass is 32.2. The van der Waals surface area contributed by atoms with Gasteiger partial charge in [0.2, 0.25) is 15.0 Å².